The highest BCUT2D eigenvalue weighted by atomic mass is 16.2. The maximum atomic E-state index is 12.3. The lowest BCUT2D eigenvalue weighted by molar-refractivity contribution is -0.123. The summed E-state index contributed by atoms with van der Waals surface area (Å²) in [4.78, 5) is 28.2. The van der Waals surface area contributed by atoms with Crippen molar-refractivity contribution >= 4 is 34.2 Å². The van der Waals surface area contributed by atoms with Crippen LogP contribution in [-0.4, -0.2) is 26.6 Å². The smallest absolute Gasteiger partial charge is 0.252 e. The standard InChI is InChI=1S/C16H13N5O2/c22-14(8-13-15(23)20-16-17-9-18-21(13)16)19-12-7-3-5-10-4-1-2-6-11(10)12/h1-7,9,13H,8H2,(H,19,22)(H,17,18,20,23). The van der Waals surface area contributed by atoms with Gasteiger partial charge in [-0.15, -0.1) is 0 Å². The number of carbonyl (C=O) groups is 2. The van der Waals surface area contributed by atoms with E-state index in [2.05, 4.69) is 20.7 Å². The molecule has 0 spiro atoms. The summed E-state index contributed by atoms with van der Waals surface area (Å²) in [6, 6.07) is 12.8. The van der Waals surface area contributed by atoms with Gasteiger partial charge in [0.1, 0.15) is 12.4 Å². The third kappa shape index (κ3) is 2.32. The molecule has 1 atom stereocenters. The highest BCUT2D eigenvalue weighted by Gasteiger charge is 2.33. The van der Waals surface area contributed by atoms with Crippen LogP contribution in [0.1, 0.15) is 12.5 Å². The average Bonchev–Trinajstić information content (AvgIpc) is 3.11. The van der Waals surface area contributed by atoms with Gasteiger partial charge in [0.2, 0.25) is 11.9 Å². The molecule has 7 heteroatoms. The van der Waals surface area contributed by atoms with Gasteiger partial charge in [-0.25, -0.2) is 4.68 Å². The second-order valence-corrected chi connectivity index (χ2v) is 5.31. The second kappa shape index (κ2) is 5.20. The fourth-order valence-electron chi connectivity index (χ4n) is 2.76. The van der Waals surface area contributed by atoms with E-state index in [-0.39, 0.29) is 18.2 Å². The molecular formula is C16H13N5O2. The zero-order valence-corrected chi connectivity index (χ0v) is 12.1. The molecule has 114 valence electrons. The summed E-state index contributed by atoms with van der Waals surface area (Å²) in [6.45, 7) is 0. The van der Waals surface area contributed by atoms with Gasteiger partial charge in [-0.2, -0.15) is 10.1 Å². The molecule has 1 unspecified atom stereocenters. The Morgan fingerprint density at radius 3 is 2.96 bits per heavy atom. The van der Waals surface area contributed by atoms with Gasteiger partial charge in [0.25, 0.3) is 5.91 Å². The van der Waals surface area contributed by atoms with Gasteiger partial charge in [0, 0.05) is 11.1 Å². The number of carbonyl (C=O) groups excluding carboxylic acids is 2. The lowest BCUT2D eigenvalue weighted by atomic mass is 10.1. The van der Waals surface area contributed by atoms with Gasteiger partial charge in [0.15, 0.2) is 0 Å². The number of amides is 2. The van der Waals surface area contributed by atoms with Crippen LogP contribution in [0.5, 0.6) is 0 Å². The molecule has 2 aromatic carbocycles. The minimum absolute atomic E-state index is 0.00537. The van der Waals surface area contributed by atoms with E-state index in [9.17, 15) is 9.59 Å². The van der Waals surface area contributed by atoms with Gasteiger partial charge in [-0.1, -0.05) is 36.4 Å². The van der Waals surface area contributed by atoms with Crippen molar-refractivity contribution in [1.82, 2.24) is 14.8 Å². The molecule has 0 bridgehead atoms. The van der Waals surface area contributed by atoms with Crippen LogP contribution in [0.3, 0.4) is 0 Å². The van der Waals surface area contributed by atoms with Crippen LogP contribution in [0.15, 0.2) is 48.8 Å². The van der Waals surface area contributed by atoms with Crippen molar-refractivity contribution in [2.75, 3.05) is 10.6 Å². The van der Waals surface area contributed by atoms with E-state index in [0.717, 1.165) is 16.5 Å². The predicted molar refractivity (Wildman–Crippen MR) is 84.9 cm³/mol. The summed E-state index contributed by atoms with van der Waals surface area (Å²) >= 11 is 0. The molecule has 4 rings (SSSR count). The van der Waals surface area contributed by atoms with E-state index in [0.29, 0.717) is 5.95 Å². The van der Waals surface area contributed by atoms with Crippen LogP contribution in [0.4, 0.5) is 11.6 Å². The summed E-state index contributed by atoms with van der Waals surface area (Å²) in [6.07, 6.45) is 1.36. The van der Waals surface area contributed by atoms with E-state index in [4.69, 9.17) is 0 Å². The Bertz CT molecular complexity index is 912. The summed E-state index contributed by atoms with van der Waals surface area (Å²) < 4.78 is 1.44. The minimum Gasteiger partial charge on any atom is -0.325 e. The summed E-state index contributed by atoms with van der Waals surface area (Å²) in [5.41, 5.74) is 0.727. The second-order valence-electron chi connectivity index (χ2n) is 5.31. The topological polar surface area (TPSA) is 88.9 Å². The molecule has 23 heavy (non-hydrogen) atoms. The van der Waals surface area contributed by atoms with Crippen molar-refractivity contribution in [1.29, 1.82) is 0 Å². The quantitative estimate of drug-likeness (QED) is 0.774. The highest BCUT2D eigenvalue weighted by molar-refractivity contribution is 6.04. The van der Waals surface area contributed by atoms with Crippen molar-refractivity contribution in [3.63, 3.8) is 0 Å². The number of aromatic nitrogens is 3. The van der Waals surface area contributed by atoms with Crippen LogP contribution >= 0.6 is 0 Å². The van der Waals surface area contributed by atoms with Crippen molar-refractivity contribution < 1.29 is 9.59 Å². The third-order valence-corrected chi connectivity index (χ3v) is 3.85. The molecule has 3 aromatic rings. The van der Waals surface area contributed by atoms with Crippen LogP contribution in [0.2, 0.25) is 0 Å². The number of anilines is 2. The van der Waals surface area contributed by atoms with Gasteiger partial charge >= 0.3 is 0 Å². The van der Waals surface area contributed by atoms with Crippen molar-refractivity contribution in [3.05, 3.63) is 48.8 Å². The van der Waals surface area contributed by atoms with E-state index in [1.165, 1.54) is 11.0 Å². The van der Waals surface area contributed by atoms with E-state index in [1.807, 2.05) is 42.5 Å². The molecule has 2 N–H and O–H groups in total. The first-order valence-corrected chi connectivity index (χ1v) is 7.20. The lowest BCUT2D eigenvalue weighted by Gasteiger charge is -2.11. The molecule has 1 aliphatic rings. The molecule has 0 saturated carbocycles. The van der Waals surface area contributed by atoms with E-state index < -0.39 is 6.04 Å². The number of nitrogens with one attached hydrogen (secondary N) is 2. The molecule has 0 saturated heterocycles. The molecule has 1 aromatic heterocycles. The number of benzene rings is 2. The van der Waals surface area contributed by atoms with Crippen LogP contribution < -0.4 is 10.6 Å². The Balaban J connectivity index is 1.55. The zero-order valence-electron chi connectivity index (χ0n) is 12.1. The molecule has 2 amide bonds. The average molecular weight is 307 g/mol. The Labute approximate surface area is 131 Å². The maximum absolute atomic E-state index is 12.3. The number of rotatable bonds is 3. The normalized spacial score (nSPS) is 16.2. The number of nitrogens with zero attached hydrogens (tertiary/aromatic N) is 3. The highest BCUT2D eigenvalue weighted by Crippen LogP contribution is 2.26. The van der Waals surface area contributed by atoms with Crippen molar-refractivity contribution in [2.45, 2.75) is 12.5 Å². The largest absolute Gasteiger partial charge is 0.325 e. The molecule has 7 nitrogen and oxygen atoms in total. The summed E-state index contributed by atoms with van der Waals surface area (Å²) in [5, 5.41) is 11.5. The Hall–Kier alpha value is -3.22. The Morgan fingerprint density at radius 2 is 2.04 bits per heavy atom. The minimum atomic E-state index is -0.664. The first-order chi connectivity index (χ1) is 11.2. The van der Waals surface area contributed by atoms with Gasteiger partial charge in [-0.3, -0.25) is 14.9 Å². The van der Waals surface area contributed by atoms with Gasteiger partial charge in [-0.05, 0) is 11.5 Å². The molecule has 0 radical (unpaired) electrons. The van der Waals surface area contributed by atoms with Gasteiger partial charge < -0.3 is 5.32 Å². The number of hydrogen-bond acceptors (Lipinski definition) is 4. The van der Waals surface area contributed by atoms with Crippen molar-refractivity contribution in [2.24, 2.45) is 0 Å². The van der Waals surface area contributed by atoms with Crippen LogP contribution in [-0.2, 0) is 9.59 Å². The zero-order chi connectivity index (χ0) is 15.8. The summed E-state index contributed by atoms with van der Waals surface area (Å²) in [7, 11) is 0. The van der Waals surface area contributed by atoms with E-state index in [1.54, 1.807) is 0 Å². The van der Waals surface area contributed by atoms with E-state index >= 15 is 0 Å². The van der Waals surface area contributed by atoms with Crippen LogP contribution in [0, 0.1) is 0 Å². The number of fused-ring (bicyclic) bond motifs is 2. The molecule has 1 aliphatic heterocycles. The Morgan fingerprint density at radius 1 is 1.22 bits per heavy atom. The molecule has 0 aliphatic carbocycles. The molecule has 2 heterocycles. The SMILES string of the molecule is O=C(CC1C(=O)Nc2ncnn21)Nc1cccc2ccccc12. The van der Waals surface area contributed by atoms with Crippen molar-refractivity contribution in [3.8, 4) is 0 Å². The number of hydrogen-bond donors (Lipinski definition) is 2. The molecular weight excluding hydrogens is 294 g/mol. The fourth-order valence-corrected chi connectivity index (χ4v) is 2.76. The van der Waals surface area contributed by atoms with Gasteiger partial charge in [0.05, 0.1) is 6.42 Å². The lowest BCUT2D eigenvalue weighted by Crippen LogP contribution is -2.23. The third-order valence-electron chi connectivity index (χ3n) is 3.85. The first-order valence-electron chi connectivity index (χ1n) is 7.20. The summed E-state index contributed by atoms with van der Waals surface area (Å²) in [5.74, 6) is -0.142. The monoisotopic (exact) mass is 307 g/mol. The Kier molecular flexibility index (Phi) is 3.04. The van der Waals surface area contributed by atoms with Crippen LogP contribution in [0.25, 0.3) is 10.8 Å². The predicted octanol–water partition coefficient (Wildman–Crippen LogP) is 1.95. The first kappa shape index (κ1) is 13.4. The maximum Gasteiger partial charge on any atom is 0.252 e. The molecule has 0 fully saturated rings. The fraction of sp³-hybridized carbons (Fsp3) is 0.125.